The number of carbonyl (C=O) groups excluding carboxylic acids is 1. The molecule has 0 fully saturated rings. The average molecular weight is 930 g/mol. The standard InChI is InChI=1S/C44H51N9O10S2/c1-44(2,3)63-43(55)48-33(28-54)24-47-64(56,57)38-21-20-37(32-13-22-39(45)46-23-32)40(42-49-51-53(50-42)27-31-11-18-36(62-6)19-12-31)41(38)65(58,59)52(25-29-7-14-34(60-4)15-8-29)26-30-9-16-35(61-5)17-10-30/h7-23,33,47,54H,24-28H2,1-6H3,(H2,45,46)(H,48,55)/t33-/m0/s1. The number of benzene rings is 4. The van der Waals surface area contributed by atoms with Gasteiger partial charge in [-0.05, 0) is 103 Å². The van der Waals surface area contributed by atoms with E-state index in [0.29, 0.717) is 33.9 Å². The van der Waals surface area contributed by atoms with Crippen molar-refractivity contribution >= 4 is 32.0 Å². The lowest BCUT2D eigenvalue weighted by Crippen LogP contribution is -2.47. The van der Waals surface area contributed by atoms with Gasteiger partial charge >= 0.3 is 6.09 Å². The van der Waals surface area contributed by atoms with E-state index in [1.807, 2.05) is 0 Å². The first kappa shape index (κ1) is 47.8. The van der Waals surface area contributed by atoms with Gasteiger partial charge in [0, 0.05) is 31.4 Å². The summed E-state index contributed by atoms with van der Waals surface area (Å²) < 4.78 is 86.0. The lowest BCUT2D eigenvalue weighted by molar-refractivity contribution is 0.0484. The van der Waals surface area contributed by atoms with Crippen LogP contribution in [0.3, 0.4) is 0 Å². The van der Waals surface area contributed by atoms with Crippen LogP contribution in [0.2, 0.25) is 0 Å². The third kappa shape index (κ3) is 12.1. The zero-order valence-electron chi connectivity index (χ0n) is 36.6. The number of carbonyl (C=O) groups is 1. The van der Waals surface area contributed by atoms with Crippen molar-refractivity contribution in [2.45, 2.75) is 61.8 Å². The number of sulfonamides is 2. The third-order valence-corrected chi connectivity index (χ3v) is 13.2. The number of ether oxygens (including phenoxy) is 4. The minimum atomic E-state index is -4.96. The molecule has 1 amide bonds. The van der Waals surface area contributed by atoms with Crippen LogP contribution in [-0.4, -0.2) is 104 Å². The Morgan fingerprint density at radius 3 is 1.85 bits per heavy atom. The van der Waals surface area contributed by atoms with E-state index in [0.717, 1.165) is 15.9 Å². The van der Waals surface area contributed by atoms with E-state index in [1.165, 1.54) is 37.3 Å². The number of methoxy groups -OCH3 is 3. The zero-order chi connectivity index (χ0) is 46.9. The molecule has 0 aliphatic heterocycles. The third-order valence-electron chi connectivity index (χ3n) is 9.76. The summed E-state index contributed by atoms with van der Waals surface area (Å²) in [6, 6.07) is 25.2. The van der Waals surface area contributed by atoms with Crippen molar-refractivity contribution < 1.29 is 45.7 Å². The molecule has 19 nitrogen and oxygen atoms in total. The summed E-state index contributed by atoms with van der Waals surface area (Å²) >= 11 is 0. The normalized spacial score (nSPS) is 12.4. The number of anilines is 1. The van der Waals surface area contributed by atoms with Crippen molar-refractivity contribution in [3.8, 4) is 39.8 Å². The molecule has 21 heteroatoms. The summed E-state index contributed by atoms with van der Waals surface area (Å²) in [6.45, 7) is 3.31. The van der Waals surface area contributed by atoms with E-state index in [4.69, 9.17) is 24.7 Å². The highest BCUT2D eigenvalue weighted by atomic mass is 32.2. The summed E-state index contributed by atoms with van der Waals surface area (Å²) in [7, 11) is -5.26. The summed E-state index contributed by atoms with van der Waals surface area (Å²) in [5.41, 5.74) is 7.27. The van der Waals surface area contributed by atoms with Gasteiger partial charge in [-0.15, -0.1) is 10.2 Å². The van der Waals surface area contributed by atoms with Gasteiger partial charge in [0.25, 0.3) is 0 Å². The van der Waals surface area contributed by atoms with Crippen LogP contribution in [0.5, 0.6) is 17.2 Å². The smallest absolute Gasteiger partial charge is 0.407 e. The number of rotatable bonds is 19. The van der Waals surface area contributed by atoms with Gasteiger partial charge in [0.15, 0.2) is 0 Å². The summed E-state index contributed by atoms with van der Waals surface area (Å²) in [6.07, 6.45) is 0.513. The molecular weight excluding hydrogens is 879 g/mol. The van der Waals surface area contributed by atoms with Crippen molar-refractivity contribution in [1.82, 2.24) is 39.5 Å². The number of pyridine rings is 1. The zero-order valence-corrected chi connectivity index (χ0v) is 38.3. The molecule has 0 spiro atoms. The minimum Gasteiger partial charge on any atom is -0.497 e. The van der Waals surface area contributed by atoms with Crippen LogP contribution in [0.15, 0.2) is 113 Å². The molecule has 4 aromatic carbocycles. The summed E-state index contributed by atoms with van der Waals surface area (Å²) in [4.78, 5) is 16.7. The van der Waals surface area contributed by atoms with Gasteiger partial charge in [-0.2, -0.15) is 9.10 Å². The lowest BCUT2D eigenvalue weighted by Gasteiger charge is -2.26. The number of hydrogen-bond donors (Lipinski definition) is 4. The predicted molar refractivity (Wildman–Crippen MR) is 241 cm³/mol. The second kappa shape index (κ2) is 20.5. The number of nitrogens with one attached hydrogen (secondary N) is 2. The Morgan fingerprint density at radius 1 is 0.800 bits per heavy atom. The topological polar surface area (TPSA) is 252 Å². The number of nitrogen functional groups attached to an aromatic ring is 1. The molecule has 0 aliphatic carbocycles. The molecule has 0 saturated carbocycles. The van der Waals surface area contributed by atoms with Crippen LogP contribution in [0.1, 0.15) is 37.5 Å². The highest BCUT2D eigenvalue weighted by molar-refractivity contribution is 7.92. The van der Waals surface area contributed by atoms with Gasteiger partial charge in [0.2, 0.25) is 25.9 Å². The quantitative estimate of drug-likeness (QED) is 0.0866. The molecule has 0 bridgehead atoms. The number of amides is 1. The largest absolute Gasteiger partial charge is 0.497 e. The van der Waals surface area contributed by atoms with Crippen molar-refractivity contribution in [3.05, 3.63) is 120 Å². The summed E-state index contributed by atoms with van der Waals surface area (Å²) in [5.74, 6) is 1.66. The van der Waals surface area contributed by atoms with E-state index < -0.39 is 60.7 Å². The van der Waals surface area contributed by atoms with E-state index in [9.17, 15) is 18.3 Å². The molecule has 1 atom stereocenters. The first-order valence-electron chi connectivity index (χ1n) is 20.1. The maximum Gasteiger partial charge on any atom is 0.407 e. The monoisotopic (exact) mass is 929 g/mol. The molecule has 5 N–H and O–H groups in total. The first-order valence-corrected chi connectivity index (χ1v) is 23.0. The lowest BCUT2D eigenvalue weighted by atomic mass is 10.0. The number of hydrogen-bond acceptors (Lipinski definition) is 15. The second-order valence-electron chi connectivity index (χ2n) is 15.6. The van der Waals surface area contributed by atoms with Gasteiger partial charge in [0.05, 0.1) is 46.1 Å². The molecule has 0 saturated heterocycles. The Hall–Kier alpha value is -6.65. The van der Waals surface area contributed by atoms with Crippen LogP contribution >= 0.6 is 0 Å². The molecule has 65 heavy (non-hydrogen) atoms. The molecule has 0 aliphatic rings. The summed E-state index contributed by atoms with van der Waals surface area (Å²) in [5, 5.41) is 25.8. The van der Waals surface area contributed by atoms with Crippen molar-refractivity contribution in [2.75, 3.05) is 40.2 Å². The fraction of sp³-hybridized carbons (Fsp3) is 0.295. The Balaban J connectivity index is 1.57. The van der Waals surface area contributed by atoms with E-state index in [1.54, 1.807) is 107 Å². The van der Waals surface area contributed by atoms with Crippen LogP contribution in [0, 0.1) is 0 Å². The number of aliphatic hydroxyl groups is 1. The van der Waals surface area contributed by atoms with Crippen molar-refractivity contribution in [1.29, 1.82) is 0 Å². The molecular formula is C44H51N9O10S2. The Kier molecular flexibility index (Phi) is 15.1. The first-order chi connectivity index (χ1) is 30.9. The number of alkyl carbamates (subject to hydrolysis) is 1. The maximum absolute atomic E-state index is 15.9. The van der Waals surface area contributed by atoms with Gasteiger partial charge in [0.1, 0.15) is 38.5 Å². The predicted octanol–water partition coefficient (Wildman–Crippen LogP) is 4.61. The molecule has 0 unspecified atom stereocenters. The van der Waals surface area contributed by atoms with Crippen LogP contribution in [-0.2, 0) is 44.4 Å². The number of aromatic nitrogens is 5. The maximum atomic E-state index is 15.9. The number of nitrogens with zero attached hydrogens (tertiary/aromatic N) is 6. The number of tetrazole rings is 1. The molecule has 2 heterocycles. The molecule has 6 rings (SSSR count). The molecule has 0 radical (unpaired) electrons. The SMILES string of the molecule is COc1ccc(CN(Cc2ccc(OC)cc2)S(=O)(=O)c2c(S(=O)(=O)NC[C@@H](CO)NC(=O)OC(C)(C)C)ccc(-c3ccc(N)nc3)c2-c2nnn(Cc3ccc(OC)cc3)n2)cc1. The highest BCUT2D eigenvalue weighted by Gasteiger charge is 2.38. The van der Waals surface area contributed by atoms with Crippen molar-refractivity contribution in [3.63, 3.8) is 0 Å². The second-order valence-corrected chi connectivity index (χ2v) is 19.2. The van der Waals surface area contributed by atoms with E-state index in [2.05, 4.69) is 30.4 Å². The Morgan fingerprint density at radius 2 is 1.35 bits per heavy atom. The van der Waals surface area contributed by atoms with Gasteiger partial charge < -0.3 is 35.1 Å². The number of nitrogens with two attached hydrogens (primary N) is 1. The van der Waals surface area contributed by atoms with Gasteiger partial charge in [-0.3, -0.25) is 0 Å². The molecule has 2 aromatic heterocycles. The minimum absolute atomic E-state index is 0.103. The average Bonchev–Trinajstić information content (AvgIpc) is 3.75. The van der Waals surface area contributed by atoms with Crippen LogP contribution in [0.25, 0.3) is 22.5 Å². The Bertz CT molecular complexity index is 2730. The van der Waals surface area contributed by atoms with E-state index >= 15 is 8.42 Å². The van der Waals surface area contributed by atoms with Crippen LogP contribution in [0.4, 0.5) is 10.6 Å². The van der Waals surface area contributed by atoms with Crippen LogP contribution < -0.4 is 30.0 Å². The fourth-order valence-corrected chi connectivity index (χ4v) is 10.0. The number of aliphatic hydroxyl groups excluding tert-OH is 1. The fourth-order valence-electron chi connectivity index (χ4n) is 6.51. The van der Waals surface area contributed by atoms with E-state index in [-0.39, 0.29) is 42.4 Å². The molecule has 6 aromatic rings. The van der Waals surface area contributed by atoms with Gasteiger partial charge in [-0.25, -0.2) is 31.3 Å². The van der Waals surface area contributed by atoms with Crippen molar-refractivity contribution in [2.24, 2.45) is 0 Å². The highest BCUT2D eigenvalue weighted by Crippen LogP contribution is 2.41. The molecule has 344 valence electrons. The Labute approximate surface area is 377 Å². The van der Waals surface area contributed by atoms with Gasteiger partial charge in [-0.1, -0.05) is 42.5 Å².